The molecule has 3 nitrogen and oxygen atoms in total. The van der Waals surface area contributed by atoms with Crippen LogP contribution in [0.1, 0.15) is 17.3 Å². The van der Waals surface area contributed by atoms with E-state index in [1.54, 1.807) is 36.2 Å². The van der Waals surface area contributed by atoms with E-state index in [0.717, 1.165) is 0 Å². The van der Waals surface area contributed by atoms with Crippen LogP contribution in [0.5, 0.6) is 5.75 Å². The molecule has 98 valence electrons. The number of nitrogens with zero attached hydrogens (tertiary/aromatic N) is 1. The van der Waals surface area contributed by atoms with Crippen LogP contribution in [0.15, 0.2) is 42.5 Å². The van der Waals surface area contributed by atoms with Gasteiger partial charge in [0.2, 0.25) is 0 Å². The fourth-order valence-electron chi connectivity index (χ4n) is 1.89. The van der Waals surface area contributed by atoms with Crippen molar-refractivity contribution < 1.29 is 14.3 Å². The van der Waals surface area contributed by atoms with E-state index in [4.69, 9.17) is 0 Å². The lowest BCUT2D eigenvalue weighted by atomic mass is 10.1. The summed E-state index contributed by atoms with van der Waals surface area (Å²) in [5, 5.41) is 9.79. The fourth-order valence-corrected chi connectivity index (χ4v) is 1.89. The van der Waals surface area contributed by atoms with E-state index in [9.17, 15) is 14.3 Å². The number of hydrogen-bond donors (Lipinski definition) is 1. The molecule has 0 fully saturated rings. The summed E-state index contributed by atoms with van der Waals surface area (Å²) in [4.78, 5) is 12.8. The summed E-state index contributed by atoms with van der Waals surface area (Å²) in [5.74, 6) is -0.661. The minimum atomic E-state index is -0.347. The van der Waals surface area contributed by atoms with Gasteiger partial charge >= 0.3 is 0 Å². The highest BCUT2D eigenvalue weighted by atomic mass is 19.1. The van der Waals surface area contributed by atoms with Gasteiger partial charge < -0.3 is 10.0 Å². The Morgan fingerprint density at radius 1 is 1.21 bits per heavy atom. The van der Waals surface area contributed by atoms with Crippen LogP contribution < -0.4 is 4.90 Å². The molecule has 0 atom stereocenters. The molecule has 0 saturated carbocycles. The lowest BCUT2D eigenvalue weighted by molar-refractivity contribution is 0.101. The number of carbonyl (C=O) groups is 1. The Labute approximate surface area is 110 Å². The first kappa shape index (κ1) is 13.1. The normalized spacial score (nSPS) is 10.3. The minimum Gasteiger partial charge on any atom is -0.507 e. The van der Waals surface area contributed by atoms with Gasteiger partial charge in [0.15, 0.2) is 5.78 Å². The summed E-state index contributed by atoms with van der Waals surface area (Å²) >= 11 is 0. The quantitative estimate of drug-likeness (QED) is 0.857. The van der Waals surface area contributed by atoms with Gasteiger partial charge in [-0.2, -0.15) is 0 Å². The number of benzene rings is 2. The Morgan fingerprint density at radius 3 is 2.47 bits per heavy atom. The van der Waals surface area contributed by atoms with Gasteiger partial charge in [-0.15, -0.1) is 0 Å². The van der Waals surface area contributed by atoms with Crippen LogP contribution in [-0.2, 0) is 0 Å². The Hall–Kier alpha value is -2.36. The van der Waals surface area contributed by atoms with Crippen LogP contribution in [0.25, 0.3) is 0 Å². The van der Waals surface area contributed by atoms with E-state index in [1.807, 2.05) is 0 Å². The summed E-state index contributed by atoms with van der Waals surface area (Å²) in [6, 6.07) is 11.0. The number of para-hydroxylation sites is 1. The highest BCUT2D eigenvalue weighted by Gasteiger charge is 2.12. The Bertz CT molecular complexity index is 625. The summed E-state index contributed by atoms with van der Waals surface area (Å²) in [6.45, 7) is 1.38. The Morgan fingerprint density at radius 2 is 1.89 bits per heavy atom. The number of anilines is 2. The van der Waals surface area contributed by atoms with Gasteiger partial charge in [-0.05, 0) is 31.2 Å². The first-order valence-corrected chi connectivity index (χ1v) is 5.83. The Balaban J connectivity index is 2.40. The maximum atomic E-state index is 13.7. The van der Waals surface area contributed by atoms with E-state index in [1.165, 1.54) is 25.1 Å². The van der Waals surface area contributed by atoms with Crippen molar-refractivity contribution >= 4 is 17.2 Å². The molecule has 0 aliphatic heterocycles. The molecule has 1 N–H and O–H groups in total. The van der Waals surface area contributed by atoms with Gasteiger partial charge in [-0.3, -0.25) is 4.79 Å². The predicted octanol–water partition coefficient (Wildman–Crippen LogP) is 3.50. The molecule has 0 heterocycles. The fraction of sp³-hybridized carbons (Fsp3) is 0.133. The average Bonchev–Trinajstić information content (AvgIpc) is 2.38. The molecule has 2 rings (SSSR count). The minimum absolute atomic E-state index is 0.104. The van der Waals surface area contributed by atoms with E-state index in [2.05, 4.69) is 0 Å². The summed E-state index contributed by atoms with van der Waals surface area (Å²) in [6.07, 6.45) is 0. The molecular weight excluding hydrogens is 245 g/mol. The van der Waals surface area contributed by atoms with Crippen LogP contribution in [-0.4, -0.2) is 17.9 Å². The number of phenols is 1. The highest BCUT2D eigenvalue weighted by Crippen LogP contribution is 2.30. The molecule has 0 unspecified atom stereocenters. The second-order valence-electron chi connectivity index (χ2n) is 4.27. The number of carbonyl (C=O) groups excluding carboxylic acids is 1. The van der Waals surface area contributed by atoms with E-state index in [-0.39, 0.29) is 22.9 Å². The van der Waals surface area contributed by atoms with Crippen molar-refractivity contribution in [1.82, 2.24) is 0 Å². The lowest BCUT2D eigenvalue weighted by Gasteiger charge is -2.20. The molecule has 2 aromatic carbocycles. The molecule has 2 aromatic rings. The second kappa shape index (κ2) is 5.10. The van der Waals surface area contributed by atoms with Crippen LogP contribution in [0, 0.1) is 5.82 Å². The van der Waals surface area contributed by atoms with E-state index < -0.39 is 0 Å². The number of phenolic OH excluding ortho intramolecular Hbond substituents is 1. The van der Waals surface area contributed by atoms with Crippen molar-refractivity contribution in [3.8, 4) is 5.75 Å². The zero-order valence-electron chi connectivity index (χ0n) is 10.7. The van der Waals surface area contributed by atoms with Crippen molar-refractivity contribution in [2.24, 2.45) is 0 Å². The zero-order valence-corrected chi connectivity index (χ0v) is 10.7. The van der Waals surface area contributed by atoms with Crippen LogP contribution >= 0.6 is 0 Å². The Kier molecular flexibility index (Phi) is 3.51. The van der Waals surface area contributed by atoms with Gasteiger partial charge in [0, 0.05) is 18.8 Å². The van der Waals surface area contributed by atoms with Crippen LogP contribution in [0.2, 0.25) is 0 Å². The largest absolute Gasteiger partial charge is 0.507 e. The first-order valence-electron chi connectivity index (χ1n) is 5.83. The summed E-state index contributed by atoms with van der Waals surface area (Å²) in [5.41, 5.74) is 1.26. The predicted molar refractivity (Wildman–Crippen MR) is 72.6 cm³/mol. The van der Waals surface area contributed by atoms with Crippen molar-refractivity contribution in [2.75, 3.05) is 11.9 Å². The summed E-state index contributed by atoms with van der Waals surface area (Å²) in [7, 11) is 1.70. The highest BCUT2D eigenvalue weighted by molar-refractivity contribution is 5.97. The van der Waals surface area contributed by atoms with Gasteiger partial charge in [-0.25, -0.2) is 4.39 Å². The molecule has 4 heteroatoms. The van der Waals surface area contributed by atoms with Gasteiger partial charge in [0.05, 0.1) is 11.3 Å². The smallest absolute Gasteiger partial charge is 0.163 e. The maximum Gasteiger partial charge on any atom is 0.163 e. The third-order valence-corrected chi connectivity index (χ3v) is 2.96. The van der Waals surface area contributed by atoms with Gasteiger partial charge in [-0.1, -0.05) is 12.1 Å². The second-order valence-corrected chi connectivity index (χ2v) is 4.27. The molecule has 0 saturated heterocycles. The molecular formula is C15H14FNO2. The van der Waals surface area contributed by atoms with E-state index in [0.29, 0.717) is 11.4 Å². The molecule has 0 spiro atoms. The first-order chi connectivity index (χ1) is 9.00. The van der Waals surface area contributed by atoms with Crippen LogP contribution in [0.3, 0.4) is 0 Å². The third kappa shape index (κ3) is 2.57. The zero-order chi connectivity index (χ0) is 14.0. The van der Waals surface area contributed by atoms with Crippen molar-refractivity contribution in [3.63, 3.8) is 0 Å². The molecule has 0 aliphatic rings. The number of aromatic hydroxyl groups is 1. The van der Waals surface area contributed by atoms with Gasteiger partial charge in [0.25, 0.3) is 0 Å². The molecule has 0 aromatic heterocycles. The molecule has 0 amide bonds. The van der Waals surface area contributed by atoms with Crippen LogP contribution in [0.4, 0.5) is 15.8 Å². The number of ketones is 1. The molecule has 0 aliphatic carbocycles. The average molecular weight is 259 g/mol. The molecule has 19 heavy (non-hydrogen) atoms. The third-order valence-electron chi connectivity index (χ3n) is 2.96. The number of rotatable bonds is 3. The topological polar surface area (TPSA) is 40.5 Å². The monoisotopic (exact) mass is 259 g/mol. The van der Waals surface area contributed by atoms with E-state index >= 15 is 0 Å². The molecule has 0 radical (unpaired) electrons. The van der Waals surface area contributed by atoms with Crippen molar-refractivity contribution in [3.05, 3.63) is 53.8 Å². The summed E-state index contributed by atoms with van der Waals surface area (Å²) < 4.78 is 13.7. The maximum absolute atomic E-state index is 13.7. The number of halogens is 1. The number of hydrogen-bond acceptors (Lipinski definition) is 3. The SMILES string of the molecule is CC(=O)c1ccc(N(C)c2ccccc2F)cc1O. The standard InChI is InChI=1S/C15H14FNO2/c1-10(18)12-8-7-11(9-15(12)19)17(2)14-6-4-3-5-13(14)16/h3-9,19H,1-2H3. The van der Waals surface area contributed by atoms with Crippen molar-refractivity contribution in [1.29, 1.82) is 0 Å². The van der Waals surface area contributed by atoms with Crippen molar-refractivity contribution in [2.45, 2.75) is 6.92 Å². The lowest BCUT2D eigenvalue weighted by Crippen LogP contribution is -2.11. The molecule has 0 bridgehead atoms. The number of Topliss-reactive ketones (excluding diaryl/α,β-unsaturated/α-hetero) is 1. The van der Waals surface area contributed by atoms with Gasteiger partial charge in [0.1, 0.15) is 11.6 Å².